The first-order valence-electron chi connectivity index (χ1n) is 10.2. The van der Waals surface area contributed by atoms with Gasteiger partial charge in [-0.05, 0) is 39.2 Å². The molecule has 8 heteroatoms. The quantitative estimate of drug-likeness (QED) is 0.659. The van der Waals surface area contributed by atoms with E-state index >= 15 is 0 Å². The van der Waals surface area contributed by atoms with Crippen LogP contribution in [0.1, 0.15) is 58.4 Å². The van der Waals surface area contributed by atoms with Gasteiger partial charge in [-0.2, -0.15) is 0 Å². The number of ether oxygens (including phenoxy) is 1. The fraction of sp³-hybridized carbons (Fsp3) is 0.545. The number of carbonyl (C=O) groups excluding carboxylic acids is 3. The molecule has 1 aliphatic heterocycles. The first kappa shape index (κ1) is 23.4. The van der Waals surface area contributed by atoms with E-state index in [1.54, 1.807) is 27.7 Å². The van der Waals surface area contributed by atoms with E-state index in [1.807, 2.05) is 30.3 Å². The molecule has 0 bridgehead atoms. The van der Waals surface area contributed by atoms with Crippen LogP contribution in [-0.2, 0) is 19.1 Å². The van der Waals surface area contributed by atoms with Gasteiger partial charge < -0.3 is 15.2 Å². The van der Waals surface area contributed by atoms with Crippen molar-refractivity contribution in [1.29, 1.82) is 0 Å². The van der Waals surface area contributed by atoms with Gasteiger partial charge in [0, 0.05) is 12.5 Å². The Hall–Kier alpha value is -2.90. The summed E-state index contributed by atoms with van der Waals surface area (Å²) in [5.74, 6) is -3.28. The Bertz CT molecular complexity index is 787. The van der Waals surface area contributed by atoms with E-state index < -0.39 is 41.4 Å². The van der Waals surface area contributed by atoms with Gasteiger partial charge in [0.05, 0.1) is 6.04 Å². The molecule has 1 aromatic carbocycles. The number of likely N-dealkylation sites (tertiary alicyclic amines) is 1. The molecule has 2 amide bonds. The number of hydrogen-bond acceptors (Lipinski definition) is 5. The number of nitrogens with zero attached hydrogens (tertiary/aromatic N) is 1. The Morgan fingerprint density at radius 2 is 1.83 bits per heavy atom. The highest BCUT2D eigenvalue weighted by Gasteiger charge is 2.43. The summed E-state index contributed by atoms with van der Waals surface area (Å²) in [6.07, 6.45) is 0.474. The second-order valence-corrected chi connectivity index (χ2v) is 8.51. The first-order chi connectivity index (χ1) is 14.0. The van der Waals surface area contributed by atoms with Crippen molar-refractivity contribution in [2.24, 2.45) is 0 Å². The number of hydrogen-bond donors (Lipinski definition) is 2. The van der Waals surface area contributed by atoms with Crippen molar-refractivity contribution in [3.8, 4) is 0 Å². The molecule has 2 rings (SSSR count). The highest BCUT2D eigenvalue weighted by atomic mass is 16.6. The van der Waals surface area contributed by atoms with Crippen molar-refractivity contribution in [1.82, 2.24) is 10.2 Å². The molecule has 0 saturated carbocycles. The molecule has 2 N–H and O–H groups in total. The Morgan fingerprint density at radius 3 is 2.37 bits per heavy atom. The van der Waals surface area contributed by atoms with Gasteiger partial charge in [-0.15, -0.1) is 0 Å². The maximum atomic E-state index is 13.0. The van der Waals surface area contributed by atoms with Crippen LogP contribution in [0.4, 0.5) is 4.79 Å². The Kier molecular flexibility index (Phi) is 7.59. The van der Waals surface area contributed by atoms with Crippen molar-refractivity contribution < 1.29 is 29.0 Å². The molecule has 3 unspecified atom stereocenters. The zero-order valence-electron chi connectivity index (χ0n) is 17.9. The summed E-state index contributed by atoms with van der Waals surface area (Å²) in [6.45, 7) is 7.32. The minimum Gasteiger partial charge on any atom is -0.475 e. The number of rotatable bonds is 7. The minimum atomic E-state index is -1.59. The Labute approximate surface area is 176 Å². The highest BCUT2D eigenvalue weighted by Crippen LogP contribution is 2.33. The standard InChI is InChI=1S/C22H30N2O6/c1-5-9-16(18(25)20(27)28)23-19(26)17-12-15(14-10-7-6-8-11-14)13-24(17)21(29)30-22(2,3)4/h6-8,10-11,15-17H,5,9,12-13H2,1-4H3,(H,23,26)(H,27,28). The topological polar surface area (TPSA) is 113 Å². The van der Waals surface area contributed by atoms with Gasteiger partial charge in [0.1, 0.15) is 11.6 Å². The highest BCUT2D eigenvalue weighted by molar-refractivity contribution is 6.35. The molecule has 3 atom stereocenters. The molecule has 1 fully saturated rings. The fourth-order valence-electron chi connectivity index (χ4n) is 3.55. The molecule has 1 saturated heterocycles. The zero-order valence-corrected chi connectivity index (χ0v) is 17.9. The van der Waals surface area contributed by atoms with E-state index in [0.29, 0.717) is 19.4 Å². The third kappa shape index (κ3) is 6.05. The average molecular weight is 418 g/mol. The smallest absolute Gasteiger partial charge is 0.410 e. The summed E-state index contributed by atoms with van der Waals surface area (Å²) in [6, 6.07) is 7.56. The molecule has 0 spiro atoms. The van der Waals surface area contributed by atoms with Gasteiger partial charge in [-0.1, -0.05) is 43.7 Å². The number of benzene rings is 1. The van der Waals surface area contributed by atoms with Crippen molar-refractivity contribution in [2.45, 2.75) is 70.6 Å². The average Bonchev–Trinajstić information content (AvgIpc) is 3.12. The van der Waals surface area contributed by atoms with E-state index in [0.717, 1.165) is 5.56 Å². The van der Waals surface area contributed by atoms with Gasteiger partial charge in [0.15, 0.2) is 0 Å². The number of Topliss-reactive ketones (excluding diaryl/α,β-unsaturated/α-hetero) is 1. The monoisotopic (exact) mass is 418 g/mol. The van der Waals surface area contributed by atoms with Crippen molar-refractivity contribution >= 4 is 23.8 Å². The molecule has 8 nitrogen and oxygen atoms in total. The molecule has 1 aromatic rings. The Morgan fingerprint density at radius 1 is 1.20 bits per heavy atom. The van der Waals surface area contributed by atoms with Gasteiger partial charge in [0.2, 0.25) is 5.91 Å². The lowest BCUT2D eigenvalue weighted by atomic mass is 9.96. The fourth-order valence-corrected chi connectivity index (χ4v) is 3.55. The third-order valence-electron chi connectivity index (χ3n) is 4.92. The van der Waals surface area contributed by atoms with E-state index in [9.17, 15) is 19.2 Å². The van der Waals surface area contributed by atoms with E-state index in [-0.39, 0.29) is 12.3 Å². The normalized spacial score (nSPS) is 19.8. The molecule has 30 heavy (non-hydrogen) atoms. The maximum absolute atomic E-state index is 13.0. The molecule has 0 aliphatic carbocycles. The number of nitrogens with one attached hydrogen (secondary N) is 1. The van der Waals surface area contributed by atoms with Crippen molar-refractivity contribution in [2.75, 3.05) is 6.54 Å². The summed E-state index contributed by atoms with van der Waals surface area (Å²) in [7, 11) is 0. The predicted molar refractivity (Wildman–Crippen MR) is 110 cm³/mol. The van der Waals surface area contributed by atoms with Crippen LogP contribution in [0.15, 0.2) is 30.3 Å². The molecule has 1 aliphatic rings. The number of carboxylic acids is 1. The summed E-state index contributed by atoms with van der Waals surface area (Å²) in [5, 5.41) is 11.6. The van der Waals surface area contributed by atoms with E-state index in [4.69, 9.17) is 9.84 Å². The summed E-state index contributed by atoms with van der Waals surface area (Å²) >= 11 is 0. The van der Waals surface area contributed by atoms with Crippen LogP contribution in [-0.4, -0.2) is 58.0 Å². The van der Waals surface area contributed by atoms with Gasteiger partial charge in [-0.25, -0.2) is 9.59 Å². The van der Waals surface area contributed by atoms with E-state index in [1.165, 1.54) is 4.90 Å². The summed E-state index contributed by atoms with van der Waals surface area (Å²) in [5.41, 5.74) is 0.264. The summed E-state index contributed by atoms with van der Waals surface area (Å²) < 4.78 is 5.47. The van der Waals surface area contributed by atoms with E-state index in [2.05, 4.69) is 5.32 Å². The van der Waals surface area contributed by atoms with Crippen LogP contribution < -0.4 is 5.32 Å². The molecular formula is C22H30N2O6. The lowest BCUT2D eigenvalue weighted by Crippen LogP contribution is -2.52. The second kappa shape index (κ2) is 9.73. The lowest BCUT2D eigenvalue weighted by molar-refractivity contribution is -0.150. The largest absolute Gasteiger partial charge is 0.475 e. The van der Waals surface area contributed by atoms with Crippen LogP contribution in [0, 0.1) is 0 Å². The first-order valence-corrected chi connectivity index (χ1v) is 10.2. The number of carbonyl (C=O) groups is 4. The van der Waals surface area contributed by atoms with Crippen LogP contribution in [0.5, 0.6) is 0 Å². The van der Waals surface area contributed by atoms with Crippen LogP contribution in [0.3, 0.4) is 0 Å². The molecule has 0 aromatic heterocycles. The predicted octanol–water partition coefficient (Wildman–Crippen LogP) is 2.72. The van der Waals surface area contributed by atoms with Crippen LogP contribution in [0.25, 0.3) is 0 Å². The SMILES string of the molecule is CCCC(NC(=O)C1CC(c2ccccc2)CN1C(=O)OC(C)(C)C)C(=O)C(=O)O. The molecule has 1 heterocycles. The number of amides is 2. The third-order valence-corrected chi connectivity index (χ3v) is 4.92. The van der Waals surface area contributed by atoms with Crippen LogP contribution in [0.2, 0.25) is 0 Å². The molecule has 164 valence electrons. The van der Waals surface area contributed by atoms with Gasteiger partial charge in [0.25, 0.3) is 5.78 Å². The van der Waals surface area contributed by atoms with Gasteiger partial charge >= 0.3 is 12.1 Å². The molecular weight excluding hydrogens is 388 g/mol. The minimum absolute atomic E-state index is 0.0748. The summed E-state index contributed by atoms with van der Waals surface area (Å²) in [4.78, 5) is 50.2. The zero-order chi connectivity index (χ0) is 22.5. The van der Waals surface area contributed by atoms with Crippen molar-refractivity contribution in [3.63, 3.8) is 0 Å². The Balaban J connectivity index is 2.25. The number of ketones is 1. The molecule has 0 radical (unpaired) electrons. The van der Waals surface area contributed by atoms with Crippen molar-refractivity contribution in [3.05, 3.63) is 35.9 Å². The number of carboxylic acid groups (broad SMARTS) is 1. The lowest BCUT2D eigenvalue weighted by Gasteiger charge is -2.28. The van der Waals surface area contributed by atoms with Gasteiger partial charge in [-0.3, -0.25) is 14.5 Å². The second-order valence-electron chi connectivity index (χ2n) is 8.51. The number of aliphatic carboxylic acids is 1. The maximum Gasteiger partial charge on any atom is 0.410 e. The van der Waals surface area contributed by atoms with Crippen LogP contribution >= 0.6 is 0 Å².